The predicted molar refractivity (Wildman–Crippen MR) is 118 cm³/mol. The van der Waals surface area contributed by atoms with Gasteiger partial charge in [-0.15, -0.1) is 0 Å². The Morgan fingerprint density at radius 3 is 2.23 bits per heavy atom. The molecule has 0 saturated carbocycles. The Morgan fingerprint density at radius 1 is 0.903 bits per heavy atom. The summed E-state index contributed by atoms with van der Waals surface area (Å²) in [5, 5.41) is 0.737. The van der Waals surface area contributed by atoms with E-state index in [1.54, 1.807) is 28.1 Å². The maximum Gasteiger partial charge on any atom is 0.272 e. The summed E-state index contributed by atoms with van der Waals surface area (Å²) in [6.07, 6.45) is 4.16. The Morgan fingerprint density at radius 2 is 1.55 bits per heavy atom. The molecule has 6 nitrogen and oxygen atoms in total. The summed E-state index contributed by atoms with van der Waals surface area (Å²) < 4.78 is 15.9. The fourth-order valence-electron chi connectivity index (χ4n) is 3.75. The molecule has 160 valence electrons. The molecule has 1 aromatic heterocycles. The first-order chi connectivity index (χ1) is 15.1. The third-order valence-corrected chi connectivity index (χ3v) is 5.97. The van der Waals surface area contributed by atoms with Crippen molar-refractivity contribution < 1.29 is 14.0 Å². The highest BCUT2D eigenvalue weighted by Gasteiger charge is 2.27. The first kappa shape index (κ1) is 21.1. The molecule has 1 aliphatic rings. The Balaban J connectivity index is 1.53. The van der Waals surface area contributed by atoms with Crippen molar-refractivity contribution in [1.82, 2.24) is 19.4 Å². The van der Waals surface area contributed by atoms with E-state index in [0.717, 1.165) is 10.8 Å². The molecule has 0 unspecified atom stereocenters. The molecule has 2 amide bonds. The normalized spacial score (nSPS) is 14.4. The number of amides is 2. The number of hydrogen-bond acceptors (Lipinski definition) is 4. The van der Waals surface area contributed by atoms with Crippen LogP contribution in [0.2, 0.25) is 0 Å². The van der Waals surface area contributed by atoms with Crippen LogP contribution in [0.15, 0.2) is 66.0 Å². The fourth-order valence-corrected chi connectivity index (χ4v) is 4.29. The molecular formula is C23H23FN4O2S. The maximum absolute atomic E-state index is 14.0. The van der Waals surface area contributed by atoms with Gasteiger partial charge in [0, 0.05) is 31.9 Å². The second-order valence-corrected chi connectivity index (χ2v) is 7.99. The molecule has 4 rings (SSSR count). The van der Waals surface area contributed by atoms with Crippen LogP contribution in [-0.4, -0.2) is 63.6 Å². The lowest BCUT2D eigenvalue weighted by atomic mass is 10.2. The van der Waals surface area contributed by atoms with Crippen molar-refractivity contribution in [3.8, 4) is 5.69 Å². The van der Waals surface area contributed by atoms with Gasteiger partial charge in [-0.05, 0) is 36.9 Å². The number of carbonyl (C=O) groups excluding carboxylic acids is 2. The van der Waals surface area contributed by atoms with Crippen molar-refractivity contribution in [2.75, 3.05) is 32.4 Å². The number of aromatic nitrogens is 2. The lowest BCUT2D eigenvalue weighted by molar-refractivity contribution is 0.0711. The van der Waals surface area contributed by atoms with E-state index in [9.17, 15) is 14.0 Å². The third-order valence-electron chi connectivity index (χ3n) is 5.32. The zero-order chi connectivity index (χ0) is 21.8. The minimum absolute atomic E-state index is 0.0639. The maximum atomic E-state index is 14.0. The minimum Gasteiger partial charge on any atom is -0.337 e. The lowest BCUT2D eigenvalue weighted by Gasteiger charge is -2.23. The van der Waals surface area contributed by atoms with Crippen molar-refractivity contribution in [1.29, 1.82) is 0 Å². The van der Waals surface area contributed by atoms with Crippen LogP contribution in [0, 0.1) is 5.82 Å². The molecule has 0 radical (unpaired) electrons. The summed E-state index contributed by atoms with van der Waals surface area (Å²) in [6, 6.07) is 15.6. The van der Waals surface area contributed by atoms with Gasteiger partial charge in [0.1, 0.15) is 11.5 Å². The molecule has 2 heterocycles. The van der Waals surface area contributed by atoms with Crippen molar-refractivity contribution in [2.45, 2.75) is 11.6 Å². The lowest BCUT2D eigenvalue weighted by Crippen LogP contribution is -2.38. The summed E-state index contributed by atoms with van der Waals surface area (Å²) >= 11 is 1.48. The van der Waals surface area contributed by atoms with Crippen molar-refractivity contribution in [3.63, 3.8) is 0 Å². The smallest absolute Gasteiger partial charge is 0.272 e. The monoisotopic (exact) mass is 438 g/mol. The summed E-state index contributed by atoms with van der Waals surface area (Å²) in [7, 11) is 0. The molecule has 0 bridgehead atoms. The van der Waals surface area contributed by atoms with Crippen LogP contribution in [0.3, 0.4) is 0 Å². The van der Waals surface area contributed by atoms with Gasteiger partial charge >= 0.3 is 0 Å². The van der Waals surface area contributed by atoms with Gasteiger partial charge in [0.2, 0.25) is 0 Å². The molecule has 1 aliphatic heterocycles. The van der Waals surface area contributed by atoms with Crippen LogP contribution in [-0.2, 0) is 0 Å². The Labute approximate surface area is 184 Å². The highest BCUT2D eigenvalue weighted by Crippen LogP contribution is 2.23. The molecule has 8 heteroatoms. The van der Waals surface area contributed by atoms with Crippen LogP contribution < -0.4 is 0 Å². The van der Waals surface area contributed by atoms with Gasteiger partial charge in [0.05, 0.1) is 11.8 Å². The van der Waals surface area contributed by atoms with E-state index in [2.05, 4.69) is 4.98 Å². The third kappa shape index (κ3) is 4.34. The Kier molecular flexibility index (Phi) is 6.36. The first-order valence-corrected chi connectivity index (χ1v) is 11.3. The van der Waals surface area contributed by atoms with Crippen molar-refractivity contribution >= 4 is 23.6 Å². The SMILES string of the molecule is CSc1ncc(C(=O)N2CCCN(C(=O)c3ccccc3F)CC2)n1-c1ccccc1. The van der Waals surface area contributed by atoms with Gasteiger partial charge in [0.25, 0.3) is 11.8 Å². The van der Waals surface area contributed by atoms with Crippen molar-refractivity contribution in [2.24, 2.45) is 0 Å². The van der Waals surface area contributed by atoms with E-state index >= 15 is 0 Å². The second kappa shape index (κ2) is 9.34. The predicted octanol–water partition coefficient (Wildman–Crippen LogP) is 3.72. The molecule has 2 aromatic carbocycles. The van der Waals surface area contributed by atoms with Gasteiger partial charge in [-0.2, -0.15) is 0 Å². The van der Waals surface area contributed by atoms with E-state index < -0.39 is 5.82 Å². The van der Waals surface area contributed by atoms with Crippen LogP contribution >= 0.6 is 11.8 Å². The number of rotatable bonds is 4. The summed E-state index contributed by atoms with van der Waals surface area (Å²) in [6.45, 7) is 1.74. The van der Waals surface area contributed by atoms with Gasteiger partial charge in [-0.1, -0.05) is 42.1 Å². The average molecular weight is 439 g/mol. The number of carbonyl (C=O) groups is 2. The Hall–Kier alpha value is -3.13. The molecular weight excluding hydrogens is 415 g/mol. The zero-order valence-corrected chi connectivity index (χ0v) is 18.0. The van der Waals surface area contributed by atoms with Crippen LogP contribution in [0.5, 0.6) is 0 Å². The second-order valence-electron chi connectivity index (χ2n) is 7.22. The first-order valence-electron chi connectivity index (χ1n) is 10.1. The molecule has 0 N–H and O–H groups in total. The fraction of sp³-hybridized carbons (Fsp3) is 0.261. The van der Waals surface area contributed by atoms with Crippen molar-refractivity contribution in [3.05, 3.63) is 77.9 Å². The molecule has 1 saturated heterocycles. The molecule has 1 fully saturated rings. The van der Waals surface area contributed by atoms with E-state index in [-0.39, 0.29) is 17.4 Å². The topological polar surface area (TPSA) is 58.4 Å². The summed E-state index contributed by atoms with van der Waals surface area (Å²) in [4.78, 5) is 33.9. The number of hydrogen-bond donors (Lipinski definition) is 0. The average Bonchev–Trinajstić information content (AvgIpc) is 3.08. The standard InChI is InChI=1S/C23H23FN4O2S/c1-31-23-25-16-20(28(23)17-8-3-2-4-9-17)22(30)27-13-7-12-26(14-15-27)21(29)18-10-5-6-11-19(18)24/h2-6,8-11,16H,7,12-15H2,1H3. The molecule has 0 aliphatic carbocycles. The van der Waals surface area contributed by atoms with Gasteiger partial charge < -0.3 is 9.80 Å². The van der Waals surface area contributed by atoms with Crippen LogP contribution in [0.1, 0.15) is 27.3 Å². The number of para-hydroxylation sites is 1. The quantitative estimate of drug-likeness (QED) is 0.583. The van der Waals surface area contributed by atoms with Gasteiger partial charge in [-0.25, -0.2) is 9.37 Å². The van der Waals surface area contributed by atoms with Crippen LogP contribution in [0.4, 0.5) is 4.39 Å². The summed E-state index contributed by atoms with van der Waals surface area (Å²) in [5.41, 5.74) is 1.43. The van der Waals surface area contributed by atoms with E-state index in [1.165, 1.54) is 23.9 Å². The Bertz CT molecular complexity index is 1090. The van der Waals surface area contributed by atoms with Crippen LogP contribution in [0.25, 0.3) is 5.69 Å². The number of thioether (sulfide) groups is 1. The zero-order valence-electron chi connectivity index (χ0n) is 17.2. The largest absolute Gasteiger partial charge is 0.337 e. The molecule has 31 heavy (non-hydrogen) atoms. The summed E-state index contributed by atoms with van der Waals surface area (Å²) in [5.74, 6) is -0.996. The number of nitrogens with zero attached hydrogens (tertiary/aromatic N) is 4. The van der Waals surface area contributed by atoms with Gasteiger partial charge in [0.15, 0.2) is 5.16 Å². The number of benzene rings is 2. The minimum atomic E-state index is -0.527. The van der Waals surface area contributed by atoms with Gasteiger partial charge in [-0.3, -0.25) is 14.2 Å². The molecule has 0 spiro atoms. The highest BCUT2D eigenvalue weighted by molar-refractivity contribution is 7.98. The molecule has 3 aromatic rings. The van der Waals surface area contributed by atoms with E-state index in [1.807, 2.05) is 41.2 Å². The number of halogens is 1. The molecule has 0 atom stereocenters. The van der Waals surface area contributed by atoms with E-state index in [4.69, 9.17) is 0 Å². The highest BCUT2D eigenvalue weighted by atomic mass is 32.2. The van der Waals surface area contributed by atoms with E-state index in [0.29, 0.717) is 38.3 Å². The number of imidazole rings is 1.